The highest BCUT2D eigenvalue weighted by molar-refractivity contribution is 5.86. The highest BCUT2D eigenvalue weighted by atomic mass is 16.5. The molecule has 5 nitrogen and oxygen atoms in total. The minimum Gasteiger partial charge on any atom is -0.461 e. The zero-order valence-electron chi connectivity index (χ0n) is 10.3. The Hall–Kier alpha value is -2.04. The van der Waals surface area contributed by atoms with Crippen molar-refractivity contribution < 1.29 is 9.53 Å². The molecule has 1 aliphatic rings. The summed E-state index contributed by atoms with van der Waals surface area (Å²) in [5, 5.41) is 2.78. The molecule has 1 aromatic heterocycles. The van der Waals surface area contributed by atoms with Gasteiger partial charge in [0, 0.05) is 6.07 Å². The van der Waals surface area contributed by atoms with Gasteiger partial charge in [0.15, 0.2) is 0 Å². The number of carbonyl (C=O) groups is 1. The number of rotatable bonds is 4. The number of ether oxygens (including phenoxy) is 1. The quantitative estimate of drug-likeness (QED) is 0.824. The summed E-state index contributed by atoms with van der Waals surface area (Å²) in [4.78, 5) is 23.2. The van der Waals surface area contributed by atoms with Crippen molar-refractivity contribution in [2.75, 3.05) is 6.61 Å². The molecule has 5 heteroatoms. The first-order chi connectivity index (χ1) is 8.70. The van der Waals surface area contributed by atoms with Crippen LogP contribution in [0.3, 0.4) is 0 Å². The van der Waals surface area contributed by atoms with E-state index in [-0.39, 0.29) is 11.3 Å². The maximum Gasteiger partial charge on any atom is 0.356 e. The number of hydrogen-bond acceptors (Lipinski definition) is 3. The van der Waals surface area contributed by atoms with Gasteiger partial charge in [-0.25, -0.2) is 9.48 Å². The monoisotopic (exact) mass is 248 g/mol. The fourth-order valence-electron chi connectivity index (χ4n) is 1.85. The van der Waals surface area contributed by atoms with Gasteiger partial charge in [-0.05, 0) is 25.3 Å². The van der Waals surface area contributed by atoms with Crippen LogP contribution in [0.4, 0.5) is 0 Å². The number of esters is 1. The molecule has 0 radical (unpaired) electrons. The zero-order chi connectivity index (χ0) is 13.0. The first-order valence-corrected chi connectivity index (χ1v) is 6.02. The Bertz CT molecular complexity index is 549. The molecule has 1 aromatic rings. The number of allylic oxidation sites excluding steroid dienone is 4. The SMILES string of the molecule is CCOC(=O)c1cc(=O)n(CC2=CC=CCC2)[nH]1. The molecule has 0 aromatic carbocycles. The van der Waals surface area contributed by atoms with Gasteiger partial charge in [-0.1, -0.05) is 18.2 Å². The minimum absolute atomic E-state index is 0.203. The molecule has 1 N–H and O–H groups in total. The van der Waals surface area contributed by atoms with Gasteiger partial charge in [-0.2, -0.15) is 0 Å². The van der Waals surface area contributed by atoms with Crippen LogP contribution in [-0.4, -0.2) is 22.4 Å². The standard InChI is InChI=1S/C13H16N2O3/c1-2-18-13(17)11-8-12(16)15(14-11)9-10-6-4-3-5-7-10/h3-4,6,8,14H,2,5,7,9H2,1H3. The molecule has 0 bridgehead atoms. The number of aromatic amines is 1. The lowest BCUT2D eigenvalue weighted by molar-refractivity contribution is 0.0518. The molecule has 0 unspecified atom stereocenters. The number of H-pyrrole nitrogens is 1. The van der Waals surface area contributed by atoms with E-state index < -0.39 is 5.97 Å². The van der Waals surface area contributed by atoms with Crippen LogP contribution in [0.15, 0.2) is 34.7 Å². The van der Waals surface area contributed by atoms with Crippen molar-refractivity contribution in [3.05, 3.63) is 45.9 Å². The Morgan fingerprint density at radius 2 is 2.39 bits per heavy atom. The van der Waals surface area contributed by atoms with Gasteiger partial charge in [0.2, 0.25) is 0 Å². The average Bonchev–Trinajstić information content (AvgIpc) is 2.73. The zero-order valence-corrected chi connectivity index (χ0v) is 10.3. The van der Waals surface area contributed by atoms with Crippen molar-refractivity contribution >= 4 is 5.97 Å². The van der Waals surface area contributed by atoms with Gasteiger partial charge in [-0.3, -0.25) is 9.89 Å². The fourth-order valence-corrected chi connectivity index (χ4v) is 1.85. The molecule has 96 valence electrons. The van der Waals surface area contributed by atoms with Crippen LogP contribution < -0.4 is 5.56 Å². The lowest BCUT2D eigenvalue weighted by atomic mass is 10.1. The van der Waals surface area contributed by atoms with E-state index in [1.54, 1.807) is 6.92 Å². The Balaban J connectivity index is 2.14. The van der Waals surface area contributed by atoms with Crippen LogP contribution >= 0.6 is 0 Å². The third kappa shape index (κ3) is 2.80. The van der Waals surface area contributed by atoms with Crippen LogP contribution in [0.1, 0.15) is 30.3 Å². The summed E-state index contributed by atoms with van der Waals surface area (Å²) in [6.45, 7) is 2.51. The third-order valence-corrected chi connectivity index (χ3v) is 2.75. The maximum atomic E-state index is 11.7. The Labute approximate surface area is 105 Å². The van der Waals surface area contributed by atoms with Crippen molar-refractivity contribution in [2.45, 2.75) is 26.3 Å². The third-order valence-electron chi connectivity index (χ3n) is 2.75. The lowest BCUT2D eigenvalue weighted by Gasteiger charge is -2.08. The van der Waals surface area contributed by atoms with Crippen molar-refractivity contribution in [3.63, 3.8) is 0 Å². The smallest absolute Gasteiger partial charge is 0.356 e. The molecule has 0 saturated heterocycles. The van der Waals surface area contributed by atoms with Crippen molar-refractivity contribution in [1.82, 2.24) is 9.78 Å². The number of nitrogens with one attached hydrogen (secondary N) is 1. The van der Waals surface area contributed by atoms with Gasteiger partial charge >= 0.3 is 5.97 Å². The largest absolute Gasteiger partial charge is 0.461 e. The molecule has 0 saturated carbocycles. The summed E-state index contributed by atoms with van der Waals surface area (Å²) in [7, 11) is 0. The van der Waals surface area contributed by atoms with Crippen molar-refractivity contribution in [1.29, 1.82) is 0 Å². The van der Waals surface area contributed by atoms with E-state index in [2.05, 4.69) is 11.2 Å². The van der Waals surface area contributed by atoms with E-state index in [0.29, 0.717) is 13.2 Å². The molecule has 0 fully saturated rings. The summed E-state index contributed by atoms with van der Waals surface area (Å²) in [6.07, 6.45) is 8.01. The minimum atomic E-state index is -0.495. The van der Waals surface area contributed by atoms with Gasteiger partial charge in [-0.15, -0.1) is 0 Å². The first-order valence-electron chi connectivity index (χ1n) is 6.02. The van der Waals surface area contributed by atoms with E-state index in [0.717, 1.165) is 18.4 Å². The topological polar surface area (TPSA) is 64.1 Å². The van der Waals surface area contributed by atoms with Crippen molar-refractivity contribution in [2.24, 2.45) is 0 Å². The molecule has 0 atom stereocenters. The van der Waals surface area contributed by atoms with E-state index in [4.69, 9.17) is 4.74 Å². The van der Waals surface area contributed by atoms with Gasteiger partial charge < -0.3 is 4.74 Å². The summed E-state index contributed by atoms with van der Waals surface area (Å²) >= 11 is 0. The second-order valence-electron chi connectivity index (χ2n) is 4.11. The summed E-state index contributed by atoms with van der Waals surface area (Å²) in [5.74, 6) is -0.495. The van der Waals surface area contributed by atoms with E-state index in [9.17, 15) is 9.59 Å². The van der Waals surface area contributed by atoms with Gasteiger partial charge in [0.25, 0.3) is 5.56 Å². The Kier molecular flexibility index (Phi) is 3.82. The molecule has 1 aliphatic carbocycles. The van der Waals surface area contributed by atoms with Gasteiger partial charge in [0.05, 0.1) is 13.2 Å². The average molecular weight is 248 g/mol. The molecular weight excluding hydrogens is 232 g/mol. The van der Waals surface area contributed by atoms with E-state index in [1.807, 2.05) is 12.2 Å². The summed E-state index contributed by atoms with van der Waals surface area (Å²) in [5.41, 5.74) is 1.15. The van der Waals surface area contributed by atoms with Gasteiger partial charge in [0.1, 0.15) is 5.69 Å². The molecule has 0 spiro atoms. The van der Waals surface area contributed by atoms with Crippen LogP contribution in [-0.2, 0) is 11.3 Å². The van der Waals surface area contributed by atoms with Crippen LogP contribution in [0.2, 0.25) is 0 Å². The molecule has 1 heterocycles. The molecule has 0 aliphatic heterocycles. The lowest BCUT2D eigenvalue weighted by Crippen LogP contribution is -2.17. The molecule has 2 rings (SSSR count). The summed E-state index contributed by atoms with van der Waals surface area (Å²) < 4.78 is 6.27. The Morgan fingerprint density at radius 1 is 1.56 bits per heavy atom. The van der Waals surface area contributed by atoms with Crippen molar-refractivity contribution in [3.8, 4) is 0 Å². The predicted octanol–water partition coefficient (Wildman–Crippen LogP) is 1.63. The second kappa shape index (κ2) is 5.53. The molecular formula is C13H16N2O3. The van der Waals surface area contributed by atoms with E-state index >= 15 is 0 Å². The van der Waals surface area contributed by atoms with E-state index in [1.165, 1.54) is 10.7 Å². The number of nitrogens with zero attached hydrogens (tertiary/aromatic N) is 1. The number of carbonyl (C=O) groups excluding carboxylic acids is 1. The first kappa shape index (κ1) is 12.4. The maximum absolute atomic E-state index is 11.7. The van der Waals surface area contributed by atoms with Crippen LogP contribution in [0, 0.1) is 0 Å². The van der Waals surface area contributed by atoms with Crippen LogP contribution in [0.25, 0.3) is 0 Å². The highest BCUT2D eigenvalue weighted by Crippen LogP contribution is 2.12. The normalized spacial score (nSPS) is 14.4. The number of aromatic nitrogens is 2. The Morgan fingerprint density at radius 3 is 3.06 bits per heavy atom. The molecule has 0 amide bonds. The highest BCUT2D eigenvalue weighted by Gasteiger charge is 2.12. The predicted molar refractivity (Wildman–Crippen MR) is 67.5 cm³/mol. The second-order valence-corrected chi connectivity index (χ2v) is 4.11. The van der Waals surface area contributed by atoms with Crippen LogP contribution in [0.5, 0.6) is 0 Å². The molecule has 18 heavy (non-hydrogen) atoms. The fraction of sp³-hybridized carbons (Fsp3) is 0.385. The summed E-state index contributed by atoms with van der Waals surface area (Å²) in [6, 6.07) is 1.28. The number of hydrogen-bond donors (Lipinski definition) is 1.